The zero-order chi connectivity index (χ0) is 16.2. The number of nitrogens with one attached hydrogen (secondary N) is 1. The van der Waals surface area contributed by atoms with Gasteiger partial charge in [0.15, 0.2) is 0 Å². The molecule has 1 aliphatic carbocycles. The number of aromatic nitrogens is 2. The van der Waals surface area contributed by atoms with Crippen LogP contribution in [0.2, 0.25) is 0 Å². The Kier molecular flexibility index (Phi) is 4.36. The fourth-order valence-corrected chi connectivity index (χ4v) is 3.72. The van der Waals surface area contributed by atoms with Crippen molar-refractivity contribution in [1.82, 2.24) is 15.4 Å². The standard InChI is InChI=1S/C20H22N4/c1-2-4-10-16-15(9-3-1)19(17-11-5-7-13-21-17)23-24-20(16)18-12-6-8-14-22-18/h5-8,11-15,24H,1-4,9-10H2. The average Bonchev–Trinajstić information content (AvgIpc) is 2.63. The fraction of sp³-hybridized carbons (Fsp3) is 0.350. The minimum absolute atomic E-state index is 0.346. The van der Waals surface area contributed by atoms with E-state index >= 15 is 0 Å². The summed E-state index contributed by atoms with van der Waals surface area (Å²) in [5.41, 5.74) is 8.89. The van der Waals surface area contributed by atoms with Crippen molar-refractivity contribution >= 4 is 11.4 Å². The van der Waals surface area contributed by atoms with Crippen molar-refractivity contribution in [1.29, 1.82) is 0 Å². The SMILES string of the molecule is c1ccc(C2=NNC(c3ccccn3)=C3CCCCCCC23)nc1. The Morgan fingerprint density at radius 2 is 1.58 bits per heavy atom. The van der Waals surface area contributed by atoms with Crippen LogP contribution in [-0.2, 0) is 0 Å². The van der Waals surface area contributed by atoms with E-state index in [4.69, 9.17) is 5.10 Å². The first kappa shape index (κ1) is 15.1. The zero-order valence-corrected chi connectivity index (χ0v) is 13.8. The molecule has 1 saturated carbocycles. The summed E-state index contributed by atoms with van der Waals surface area (Å²) < 4.78 is 0. The lowest BCUT2D eigenvalue weighted by Gasteiger charge is -2.30. The van der Waals surface area contributed by atoms with Gasteiger partial charge in [0.05, 0.1) is 22.8 Å². The number of hydrazone groups is 1. The third kappa shape index (κ3) is 2.96. The molecule has 1 aliphatic heterocycles. The smallest absolute Gasteiger partial charge is 0.0935 e. The van der Waals surface area contributed by atoms with Crippen molar-refractivity contribution in [2.45, 2.75) is 38.5 Å². The Morgan fingerprint density at radius 1 is 0.833 bits per heavy atom. The number of allylic oxidation sites excluding steroid dienone is 1. The predicted octanol–water partition coefficient (Wildman–Crippen LogP) is 4.17. The topological polar surface area (TPSA) is 50.2 Å². The van der Waals surface area contributed by atoms with Gasteiger partial charge in [-0.3, -0.25) is 15.4 Å². The van der Waals surface area contributed by atoms with E-state index in [1.54, 1.807) is 0 Å². The summed E-state index contributed by atoms with van der Waals surface area (Å²) in [5, 5.41) is 4.72. The molecule has 2 aromatic rings. The highest BCUT2D eigenvalue weighted by Gasteiger charge is 2.30. The second-order valence-corrected chi connectivity index (χ2v) is 6.44. The minimum Gasteiger partial charge on any atom is -0.276 e. The molecular formula is C20H22N4. The van der Waals surface area contributed by atoms with Crippen molar-refractivity contribution in [3.8, 4) is 0 Å². The Bertz CT molecular complexity index is 750. The molecule has 4 rings (SSSR count). The molecule has 0 bridgehead atoms. The lowest BCUT2D eigenvalue weighted by Crippen LogP contribution is -2.30. The van der Waals surface area contributed by atoms with E-state index in [0.717, 1.165) is 35.6 Å². The van der Waals surface area contributed by atoms with Gasteiger partial charge in [0, 0.05) is 18.3 Å². The van der Waals surface area contributed by atoms with Gasteiger partial charge in [-0.25, -0.2) is 0 Å². The largest absolute Gasteiger partial charge is 0.276 e. The summed E-state index contributed by atoms with van der Waals surface area (Å²) in [6.45, 7) is 0. The van der Waals surface area contributed by atoms with Gasteiger partial charge in [0.1, 0.15) is 0 Å². The Hall–Kier alpha value is -2.49. The van der Waals surface area contributed by atoms with Gasteiger partial charge >= 0.3 is 0 Å². The number of rotatable bonds is 2. The molecule has 1 N–H and O–H groups in total. The van der Waals surface area contributed by atoms with Crippen molar-refractivity contribution in [2.75, 3.05) is 0 Å². The highest BCUT2D eigenvalue weighted by atomic mass is 15.3. The first-order valence-corrected chi connectivity index (χ1v) is 8.83. The van der Waals surface area contributed by atoms with Crippen LogP contribution in [0.4, 0.5) is 0 Å². The monoisotopic (exact) mass is 318 g/mol. The normalized spacial score (nSPS) is 21.2. The molecule has 4 nitrogen and oxygen atoms in total. The van der Waals surface area contributed by atoms with Crippen LogP contribution in [0.15, 0.2) is 59.5 Å². The van der Waals surface area contributed by atoms with Gasteiger partial charge in [-0.15, -0.1) is 0 Å². The molecule has 0 radical (unpaired) electrons. The molecule has 0 amide bonds. The molecule has 2 aromatic heterocycles. The van der Waals surface area contributed by atoms with Crippen molar-refractivity contribution in [3.05, 3.63) is 65.8 Å². The molecule has 3 heterocycles. The average molecular weight is 318 g/mol. The van der Waals surface area contributed by atoms with Crippen molar-refractivity contribution in [3.63, 3.8) is 0 Å². The molecule has 1 fully saturated rings. The summed E-state index contributed by atoms with van der Waals surface area (Å²) in [6, 6.07) is 12.1. The van der Waals surface area contributed by atoms with Crippen molar-refractivity contribution < 1.29 is 0 Å². The highest BCUT2D eigenvalue weighted by molar-refractivity contribution is 6.04. The van der Waals surface area contributed by atoms with Gasteiger partial charge in [-0.05, 0) is 49.1 Å². The molecule has 0 spiro atoms. The second-order valence-electron chi connectivity index (χ2n) is 6.44. The number of hydrogen-bond acceptors (Lipinski definition) is 4. The Morgan fingerprint density at radius 3 is 2.33 bits per heavy atom. The number of hydrogen-bond donors (Lipinski definition) is 1. The van der Waals surface area contributed by atoms with E-state index in [1.807, 2.05) is 36.7 Å². The summed E-state index contributed by atoms with van der Waals surface area (Å²) in [7, 11) is 0. The predicted molar refractivity (Wildman–Crippen MR) is 96.3 cm³/mol. The van der Waals surface area contributed by atoms with Crippen LogP contribution < -0.4 is 5.43 Å². The molecule has 2 aliphatic rings. The van der Waals surface area contributed by atoms with Crippen LogP contribution in [0.5, 0.6) is 0 Å². The Balaban J connectivity index is 1.77. The van der Waals surface area contributed by atoms with Crippen LogP contribution in [0.25, 0.3) is 5.70 Å². The van der Waals surface area contributed by atoms with E-state index in [9.17, 15) is 0 Å². The first-order chi connectivity index (χ1) is 11.9. The van der Waals surface area contributed by atoms with Crippen LogP contribution in [0.3, 0.4) is 0 Å². The van der Waals surface area contributed by atoms with Crippen molar-refractivity contribution in [2.24, 2.45) is 11.0 Å². The fourth-order valence-electron chi connectivity index (χ4n) is 3.72. The number of pyridine rings is 2. The number of nitrogens with zero attached hydrogens (tertiary/aromatic N) is 3. The van der Waals surface area contributed by atoms with Crippen LogP contribution in [0, 0.1) is 5.92 Å². The molecule has 1 unspecified atom stereocenters. The van der Waals surface area contributed by atoms with E-state index in [1.165, 1.54) is 31.3 Å². The van der Waals surface area contributed by atoms with Gasteiger partial charge < -0.3 is 0 Å². The maximum atomic E-state index is 4.72. The molecule has 0 saturated heterocycles. The first-order valence-electron chi connectivity index (χ1n) is 8.83. The van der Waals surface area contributed by atoms with Gasteiger partial charge in [-0.2, -0.15) is 5.10 Å². The summed E-state index contributed by atoms with van der Waals surface area (Å²) in [5.74, 6) is 0.346. The summed E-state index contributed by atoms with van der Waals surface area (Å²) in [6.07, 6.45) is 11.0. The lowest BCUT2D eigenvalue weighted by atomic mass is 9.80. The van der Waals surface area contributed by atoms with Gasteiger partial charge in [-0.1, -0.05) is 31.4 Å². The highest BCUT2D eigenvalue weighted by Crippen LogP contribution is 2.36. The molecular weight excluding hydrogens is 296 g/mol. The van der Waals surface area contributed by atoms with Crippen LogP contribution in [0.1, 0.15) is 49.9 Å². The van der Waals surface area contributed by atoms with Gasteiger partial charge in [0.2, 0.25) is 0 Å². The third-order valence-electron chi connectivity index (χ3n) is 4.90. The molecule has 1 atom stereocenters. The quantitative estimate of drug-likeness (QED) is 0.904. The third-order valence-corrected chi connectivity index (χ3v) is 4.90. The minimum atomic E-state index is 0.346. The Labute approximate surface area is 142 Å². The molecule has 122 valence electrons. The van der Waals surface area contributed by atoms with Crippen LogP contribution in [-0.4, -0.2) is 15.7 Å². The molecule has 4 heteroatoms. The lowest BCUT2D eigenvalue weighted by molar-refractivity contribution is 0.521. The maximum Gasteiger partial charge on any atom is 0.0935 e. The number of fused-ring (bicyclic) bond motifs is 1. The van der Waals surface area contributed by atoms with Gasteiger partial charge in [0.25, 0.3) is 0 Å². The zero-order valence-electron chi connectivity index (χ0n) is 13.8. The van der Waals surface area contributed by atoms with E-state index in [2.05, 4.69) is 27.5 Å². The molecule has 24 heavy (non-hydrogen) atoms. The summed E-state index contributed by atoms with van der Waals surface area (Å²) in [4.78, 5) is 9.08. The molecule has 0 aromatic carbocycles. The van der Waals surface area contributed by atoms with Crippen LogP contribution >= 0.6 is 0 Å². The van der Waals surface area contributed by atoms with E-state index in [0.29, 0.717) is 5.92 Å². The van der Waals surface area contributed by atoms with E-state index in [-0.39, 0.29) is 0 Å². The van der Waals surface area contributed by atoms with E-state index < -0.39 is 0 Å². The maximum absolute atomic E-state index is 4.72. The summed E-state index contributed by atoms with van der Waals surface area (Å²) >= 11 is 0. The second kappa shape index (κ2) is 6.95.